The van der Waals surface area contributed by atoms with Crippen LogP contribution >= 0.6 is 7.82 Å². The predicted molar refractivity (Wildman–Crippen MR) is 45.2 cm³/mol. The van der Waals surface area contributed by atoms with Gasteiger partial charge in [-0.05, 0) is 0 Å². The standard InChI is InChI=1S/C6H11O7P/c1-2-3-12-14(10,11)13-6(9)5(8)4-7/h2,5,7-8H,1,3-4H2,(H,10,11). The molecule has 0 rings (SSSR count). The van der Waals surface area contributed by atoms with Gasteiger partial charge in [-0.25, -0.2) is 9.36 Å². The van der Waals surface area contributed by atoms with E-state index in [9.17, 15) is 9.36 Å². The van der Waals surface area contributed by atoms with Crippen LogP contribution in [0, 0.1) is 0 Å². The van der Waals surface area contributed by atoms with Crippen LogP contribution in [0.15, 0.2) is 12.7 Å². The fraction of sp³-hybridized carbons (Fsp3) is 0.500. The Hall–Kier alpha value is -0.720. The third kappa shape index (κ3) is 5.11. The fourth-order valence-corrected chi connectivity index (χ4v) is 1.12. The van der Waals surface area contributed by atoms with Crippen molar-refractivity contribution in [2.75, 3.05) is 13.2 Å². The second kappa shape index (κ2) is 5.90. The third-order valence-corrected chi connectivity index (χ3v) is 1.89. The number of rotatable bonds is 6. The van der Waals surface area contributed by atoms with Crippen LogP contribution in [0.2, 0.25) is 0 Å². The van der Waals surface area contributed by atoms with Gasteiger partial charge in [-0.1, -0.05) is 6.08 Å². The summed E-state index contributed by atoms with van der Waals surface area (Å²) in [7, 11) is -4.52. The average Bonchev–Trinajstić information content (AvgIpc) is 2.12. The minimum atomic E-state index is -4.52. The molecule has 0 radical (unpaired) electrons. The number of hydrogen-bond acceptors (Lipinski definition) is 6. The van der Waals surface area contributed by atoms with Crippen LogP contribution in [0.5, 0.6) is 0 Å². The molecule has 82 valence electrons. The van der Waals surface area contributed by atoms with Crippen LogP contribution < -0.4 is 0 Å². The van der Waals surface area contributed by atoms with E-state index in [4.69, 9.17) is 15.1 Å². The van der Waals surface area contributed by atoms with E-state index < -0.39 is 26.5 Å². The van der Waals surface area contributed by atoms with E-state index in [1.165, 1.54) is 6.08 Å². The Labute approximate surface area is 80.2 Å². The van der Waals surface area contributed by atoms with Gasteiger partial charge in [0.05, 0.1) is 13.2 Å². The minimum absolute atomic E-state index is 0.281. The van der Waals surface area contributed by atoms with Crippen LogP contribution in [0.4, 0.5) is 0 Å². The molecule has 0 aromatic heterocycles. The fourth-order valence-electron chi connectivity index (χ4n) is 0.422. The molecule has 0 aliphatic rings. The summed E-state index contributed by atoms with van der Waals surface area (Å²) in [5.41, 5.74) is 0. The van der Waals surface area contributed by atoms with Gasteiger partial charge >= 0.3 is 13.8 Å². The highest BCUT2D eigenvalue weighted by Gasteiger charge is 2.29. The number of carbonyl (C=O) groups excluding carboxylic acids is 1. The van der Waals surface area contributed by atoms with E-state index in [-0.39, 0.29) is 6.61 Å². The van der Waals surface area contributed by atoms with Gasteiger partial charge < -0.3 is 14.7 Å². The molecule has 0 bridgehead atoms. The highest BCUT2D eigenvalue weighted by molar-refractivity contribution is 7.48. The van der Waals surface area contributed by atoms with Gasteiger partial charge in [0, 0.05) is 0 Å². The van der Waals surface area contributed by atoms with Gasteiger partial charge in [0.2, 0.25) is 0 Å². The van der Waals surface area contributed by atoms with E-state index in [1.807, 2.05) is 0 Å². The molecule has 0 amide bonds. The second-order valence-corrected chi connectivity index (χ2v) is 3.54. The third-order valence-electron chi connectivity index (χ3n) is 1.01. The Kier molecular flexibility index (Phi) is 5.59. The van der Waals surface area contributed by atoms with Crippen molar-refractivity contribution in [1.29, 1.82) is 0 Å². The first-order valence-electron chi connectivity index (χ1n) is 3.53. The average molecular weight is 226 g/mol. The zero-order valence-corrected chi connectivity index (χ0v) is 8.09. The topological polar surface area (TPSA) is 113 Å². The quantitative estimate of drug-likeness (QED) is 0.400. The molecule has 0 aromatic carbocycles. The summed E-state index contributed by atoms with van der Waals surface area (Å²) in [6.07, 6.45) is -0.679. The van der Waals surface area contributed by atoms with Crippen LogP contribution in [0.25, 0.3) is 0 Å². The van der Waals surface area contributed by atoms with Gasteiger partial charge in [0.15, 0.2) is 6.10 Å². The van der Waals surface area contributed by atoms with Crippen molar-refractivity contribution in [3.05, 3.63) is 12.7 Å². The van der Waals surface area contributed by atoms with Crippen molar-refractivity contribution in [3.63, 3.8) is 0 Å². The highest BCUT2D eigenvalue weighted by atomic mass is 31.2. The van der Waals surface area contributed by atoms with E-state index in [2.05, 4.69) is 15.6 Å². The monoisotopic (exact) mass is 226 g/mol. The molecular weight excluding hydrogens is 215 g/mol. The molecular formula is C6H11O7P. The van der Waals surface area contributed by atoms with Crippen LogP contribution in [0.3, 0.4) is 0 Å². The Balaban J connectivity index is 4.14. The van der Waals surface area contributed by atoms with Crippen molar-refractivity contribution in [2.24, 2.45) is 0 Å². The number of phosphoric ester groups is 1. The van der Waals surface area contributed by atoms with E-state index in [1.54, 1.807) is 0 Å². The Morgan fingerprint density at radius 2 is 2.21 bits per heavy atom. The lowest BCUT2D eigenvalue weighted by atomic mass is 10.4. The van der Waals surface area contributed by atoms with Gasteiger partial charge in [-0.15, -0.1) is 6.58 Å². The number of aliphatic hydroxyl groups excluding tert-OH is 2. The number of hydrogen-bond donors (Lipinski definition) is 3. The maximum absolute atomic E-state index is 10.9. The SMILES string of the molecule is C=CCOP(=O)(O)OC(=O)C(O)CO. The largest absolute Gasteiger partial charge is 0.529 e. The number of phosphoric acid groups is 1. The smallest absolute Gasteiger partial charge is 0.393 e. The molecule has 3 N–H and O–H groups in total. The van der Waals surface area contributed by atoms with Crippen LogP contribution in [0.1, 0.15) is 0 Å². The first-order valence-corrected chi connectivity index (χ1v) is 5.03. The van der Waals surface area contributed by atoms with Gasteiger partial charge in [-0.3, -0.25) is 9.42 Å². The normalized spacial score (nSPS) is 16.8. The predicted octanol–water partition coefficient (Wildman–Crippen LogP) is -0.814. The zero-order chi connectivity index (χ0) is 11.2. The molecule has 0 saturated carbocycles. The summed E-state index contributed by atoms with van der Waals surface area (Å²) >= 11 is 0. The summed E-state index contributed by atoms with van der Waals surface area (Å²) in [4.78, 5) is 19.5. The molecule has 2 unspecified atom stereocenters. The number of carbonyl (C=O) groups is 1. The Bertz CT molecular complexity index is 251. The Morgan fingerprint density at radius 1 is 1.64 bits per heavy atom. The van der Waals surface area contributed by atoms with Crippen molar-refractivity contribution in [3.8, 4) is 0 Å². The Morgan fingerprint density at radius 3 is 2.64 bits per heavy atom. The van der Waals surface area contributed by atoms with Crippen molar-refractivity contribution >= 4 is 13.8 Å². The molecule has 0 aromatic rings. The molecule has 0 fully saturated rings. The molecule has 0 aliphatic carbocycles. The van der Waals surface area contributed by atoms with Gasteiger partial charge in [0.1, 0.15) is 0 Å². The van der Waals surface area contributed by atoms with Gasteiger partial charge in [0.25, 0.3) is 0 Å². The molecule has 0 spiro atoms. The minimum Gasteiger partial charge on any atom is -0.393 e. The van der Waals surface area contributed by atoms with Crippen molar-refractivity contribution < 1.29 is 33.5 Å². The van der Waals surface area contributed by atoms with Crippen LogP contribution in [-0.2, 0) is 18.4 Å². The molecule has 7 nitrogen and oxygen atoms in total. The highest BCUT2D eigenvalue weighted by Crippen LogP contribution is 2.43. The maximum Gasteiger partial charge on any atom is 0.529 e. The summed E-state index contributed by atoms with van der Waals surface area (Å²) in [6.45, 7) is 2.02. The summed E-state index contributed by atoms with van der Waals surface area (Å²) < 4.78 is 18.9. The second-order valence-electron chi connectivity index (χ2n) is 2.16. The van der Waals surface area contributed by atoms with E-state index >= 15 is 0 Å². The summed E-state index contributed by atoms with van der Waals surface area (Å²) in [5.74, 6) is -1.43. The van der Waals surface area contributed by atoms with Crippen molar-refractivity contribution in [2.45, 2.75) is 6.10 Å². The molecule has 8 heteroatoms. The lowest BCUT2D eigenvalue weighted by Crippen LogP contribution is -2.25. The lowest BCUT2D eigenvalue weighted by Gasteiger charge is -2.12. The molecule has 2 atom stereocenters. The first kappa shape index (κ1) is 13.3. The maximum atomic E-state index is 10.9. The van der Waals surface area contributed by atoms with E-state index in [0.717, 1.165) is 0 Å². The van der Waals surface area contributed by atoms with Crippen LogP contribution in [-0.4, -0.2) is 40.4 Å². The molecule has 14 heavy (non-hydrogen) atoms. The lowest BCUT2D eigenvalue weighted by molar-refractivity contribution is -0.147. The molecule has 0 aliphatic heterocycles. The van der Waals surface area contributed by atoms with Crippen molar-refractivity contribution in [1.82, 2.24) is 0 Å². The molecule has 0 saturated heterocycles. The summed E-state index contributed by atoms with van der Waals surface area (Å²) in [6, 6.07) is 0. The van der Waals surface area contributed by atoms with Gasteiger partial charge in [-0.2, -0.15) is 0 Å². The van der Waals surface area contributed by atoms with E-state index in [0.29, 0.717) is 0 Å². The number of aliphatic hydroxyl groups is 2. The summed E-state index contributed by atoms with van der Waals surface area (Å²) in [5, 5.41) is 17.0. The zero-order valence-electron chi connectivity index (χ0n) is 7.20. The first-order chi connectivity index (χ1) is 6.43. The molecule has 0 heterocycles.